The van der Waals surface area contributed by atoms with Crippen LogP contribution in [-0.4, -0.2) is 9.78 Å². The first-order valence-corrected chi connectivity index (χ1v) is 12.4. The lowest BCUT2D eigenvalue weighted by atomic mass is 9.99. The van der Waals surface area contributed by atoms with E-state index < -0.39 is 17.6 Å². The molecule has 38 heavy (non-hydrogen) atoms. The molecule has 0 amide bonds. The lowest BCUT2D eigenvalue weighted by molar-refractivity contribution is -0.136. The molecule has 0 fully saturated rings. The number of aryl methyl sites for hydroxylation is 2. The second-order valence-electron chi connectivity index (χ2n) is 8.88. The molecule has 0 aliphatic carbocycles. The van der Waals surface area contributed by atoms with E-state index in [1.165, 1.54) is 35.0 Å². The number of hydrogen-bond acceptors (Lipinski definition) is 1. The van der Waals surface area contributed by atoms with Gasteiger partial charge in [0.05, 0.1) is 17.8 Å². The number of rotatable bonds is 6. The van der Waals surface area contributed by atoms with Crippen LogP contribution in [0.2, 0.25) is 10.0 Å². The van der Waals surface area contributed by atoms with Gasteiger partial charge < -0.3 is 0 Å². The second kappa shape index (κ2) is 10.4. The smallest absolute Gasteiger partial charge is 0.259 e. The summed E-state index contributed by atoms with van der Waals surface area (Å²) in [6.07, 6.45) is -3.77. The first-order chi connectivity index (χ1) is 18.1. The van der Waals surface area contributed by atoms with E-state index >= 15 is 0 Å². The zero-order chi connectivity index (χ0) is 27.0. The average Bonchev–Trinajstić information content (AvgIpc) is 3.24. The van der Waals surface area contributed by atoms with Crippen LogP contribution in [0.3, 0.4) is 0 Å². The van der Waals surface area contributed by atoms with Gasteiger partial charge in [0, 0.05) is 26.6 Å². The Balaban J connectivity index is 1.59. The van der Waals surface area contributed by atoms with Gasteiger partial charge in [0.1, 0.15) is 17.2 Å². The highest BCUT2D eigenvalue weighted by atomic mass is 35.5. The average molecular weight is 561 g/mol. The fraction of sp³-hybridized carbons (Fsp3) is 0.138. The van der Waals surface area contributed by atoms with E-state index in [4.69, 9.17) is 23.2 Å². The molecule has 194 valence electrons. The number of nitrogens with zero attached hydrogens (tertiary/aromatic N) is 2. The molecule has 4 aromatic carbocycles. The zero-order valence-electron chi connectivity index (χ0n) is 19.7. The van der Waals surface area contributed by atoms with Crippen LogP contribution in [0, 0.1) is 11.6 Å². The standard InChI is InChI=1S/C29H19Cl2F5N2/c30-21-11-12-25(32)18(14-21)8-7-17-3-1-4-19(13-17)28-23-5-2-6-24(29(34,35)36)27(23)37-38(28)16-20-9-10-22(31)15-26(20)33/h1-6,9-15H,7-8,16H2. The molecule has 5 aromatic rings. The van der Waals surface area contributed by atoms with Crippen molar-refractivity contribution in [3.05, 3.63) is 123 Å². The van der Waals surface area contributed by atoms with Crippen molar-refractivity contribution < 1.29 is 22.0 Å². The van der Waals surface area contributed by atoms with Gasteiger partial charge in [0.15, 0.2) is 0 Å². The minimum Gasteiger partial charge on any atom is -0.259 e. The number of halogens is 7. The van der Waals surface area contributed by atoms with E-state index in [-0.39, 0.29) is 33.9 Å². The summed E-state index contributed by atoms with van der Waals surface area (Å²) in [5, 5.41) is 5.22. The molecule has 1 heterocycles. The molecule has 2 nitrogen and oxygen atoms in total. The predicted octanol–water partition coefficient (Wildman–Crippen LogP) is 9.14. The summed E-state index contributed by atoms with van der Waals surface area (Å²) >= 11 is 11.9. The van der Waals surface area contributed by atoms with Crippen molar-refractivity contribution in [2.75, 3.05) is 0 Å². The van der Waals surface area contributed by atoms with Crippen molar-refractivity contribution in [3.63, 3.8) is 0 Å². The Morgan fingerprint density at radius 1 is 0.737 bits per heavy atom. The lowest BCUT2D eigenvalue weighted by Gasteiger charge is -2.11. The molecule has 1 aromatic heterocycles. The van der Waals surface area contributed by atoms with Gasteiger partial charge in [-0.05, 0) is 66.4 Å². The Hall–Kier alpha value is -3.42. The Labute approximate surface area is 225 Å². The number of aromatic nitrogens is 2. The highest BCUT2D eigenvalue weighted by molar-refractivity contribution is 6.30. The minimum absolute atomic E-state index is 0.109. The first kappa shape index (κ1) is 26.2. The van der Waals surface area contributed by atoms with E-state index in [1.54, 1.807) is 24.3 Å². The van der Waals surface area contributed by atoms with Crippen LogP contribution in [0.4, 0.5) is 22.0 Å². The SMILES string of the molecule is Fc1ccc(Cl)cc1CCc1cccc(-c2c3cccc(C(F)(F)F)c3nn2Cc2ccc(Cl)cc2F)c1. The largest absolute Gasteiger partial charge is 0.418 e. The summed E-state index contributed by atoms with van der Waals surface area (Å²) in [5.74, 6) is -0.948. The number of hydrogen-bond donors (Lipinski definition) is 0. The molecule has 9 heteroatoms. The third-order valence-corrected chi connectivity index (χ3v) is 6.77. The second-order valence-corrected chi connectivity index (χ2v) is 9.75. The minimum atomic E-state index is -4.62. The van der Waals surface area contributed by atoms with Crippen LogP contribution in [-0.2, 0) is 25.6 Å². The molecule has 0 aliphatic rings. The molecule has 0 aliphatic heterocycles. The normalized spacial score (nSPS) is 11.9. The van der Waals surface area contributed by atoms with Crippen LogP contribution >= 0.6 is 23.2 Å². The number of alkyl halides is 3. The monoisotopic (exact) mass is 560 g/mol. The molecule has 0 saturated heterocycles. The van der Waals surface area contributed by atoms with E-state index in [0.29, 0.717) is 34.7 Å². The van der Waals surface area contributed by atoms with Crippen molar-refractivity contribution in [2.45, 2.75) is 25.6 Å². The van der Waals surface area contributed by atoms with Gasteiger partial charge in [-0.3, -0.25) is 4.68 Å². The third-order valence-electron chi connectivity index (χ3n) is 6.30. The summed E-state index contributed by atoms with van der Waals surface area (Å²) < 4.78 is 71.7. The number of benzene rings is 4. The van der Waals surface area contributed by atoms with Gasteiger partial charge in [-0.2, -0.15) is 18.3 Å². The summed E-state index contributed by atoms with van der Waals surface area (Å²) in [6, 6.07) is 19.6. The van der Waals surface area contributed by atoms with Crippen LogP contribution in [0.5, 0.6) is 0 Å². The van der Waals surface area contributed by atoms with Crippen molar-refractivity contribution in [3.8, 4) is 11.3 Å². The molecule has 0 unspecified atom stereocenters. The van der Waals surface area contributed by atoms with Gasteiger partial charge in [0.2, 0.25) is 0 Å². The lowest BCUT2D eigenvalue weighted by Crippen LogP contribution is -2.07. The Bertz CT molecular complexity index is 1640. The van der Waals surface area contributed by atoms with Crippen LogP contribution < -0.4 is 0 Å². The molecule has 5 rings (SSSR count). The van der Waals surface area contributed by atoms with E-state index in [1.807, 2.05) is 12.1 Å². The van der Waals surface area contributed by atoms with Crippen molar-refractivity contribution >= 4 is 34.1 Å². The Kier molecular flexibility index (Phi) is 7.16. The van der Waals surface area contributed by atoms with Gasteiger partial charge in [-0.25, -0.2) is 8.78 Å². The van der Waals surface area contributed by atoms with Crippen molar-refractivity contribution in [1.29, 1.82) is 0 Å². The fourth-order valence-corrected chi connectivity index (χ4v) is 4.85. The quantitative estimate of drug-likeness (QED) is 0.189. The van der Waals surface area contributed by atoms with Gasteiger partial charge in [-0.1, -0.05) is 59.6 Å². The van der Waals surface area contributed by atoms with Gasteiger partial charge in [0.25, 0.3) is 0 Å². The maximum atomic E-state index is 14.6. The van der Waals surface area contributed by atoms with Crippen LogP contribution in [0.1, 0.15) is 22.3 Å². The zero-order valence-corrected chi connectivity index (χ0v) is 21.2. The molecular weight excluding hydrogens is 542 g/mol. The maximum absolute atomic E-state index is 14.6. The number of fused-ring (bicyclic) bond motifs is 1. The molecule has 0 N–H and O–H groups in total. The summed E-state index contributed by atoms with van der Waals surface area (Å²) in [7, 11) is 0. The molecule has 0 spiro atoms. The summed E-state index contributed by atoms with van der Waals surface area (Å²) in [6.45, 7) is -0.109. The van der Waals surface area contributed by atoms with Gasteiger partial charge in [-0.15, -0.1) is 0 Å². The topological polar surface area (TPSA) is 17.8 Å². The van der Waals surface area contributed by atoms with E-state index in [9.17, 15) is 22.0 Å². The summed E-state index contributed by atoms with van der Waals surface area (Å²) in [4.78, 5) is 0. The fourth-order valence-electron chi connectivity index (χ4n) is 4.50. The van der Waals surface area contributed by atoms with E-state index in [2.05, 4.69) is 5.10 Å². The molecular formula is C29H19Cl2F5N2. The third kappa shape index (κ3) is 5.40. The Morgan fingerprint density at radius 2 is 1.47 bits per heavy atom. The summed E-state index contributed by atoms with van der Waals surface area (Å²) in [5.41, 5.74) is 1.44. The van der Waals surface area contributed by atoms with Gasteiger partial charge >= 0.3 is 6.18 Å². The first-order valence-electron chi connectivity index (χ1n) is 11.6. The highest BCUT2D eigenvalue weighted by Crippen LogP contribution is 2.38. The molecule has 0 radical (unpaired) electrons. The maximum Gasteiger partial charge on any atom is 0.418 e. The molecule has 0 atom stereocenters. The van der Waals surface area contributed by atoms with Crippen molar-refractivity contribution in [1.82, 2.24) is 9.78 Å². The van der Waals surface area contributed by atoms with Crippen LogP contribution in [0.15, 0.2) is 78.9 Å². The molecule has 0 saturated carbocycles. The van der Waals surface area contributed by atoms with Crippen LogP contribution in [0.25, 0.3) is 22.2 Å². The highest BCUT2D eigenvalue weighted by Gasteiger charge is 2.34. The molecule has 0 bridgehead atoms. The predicted molar refractivity (Wildman–Crippen MR) is 140 cm³/mol. The van der Waals surface area contributed by atoms with Crippen molar-refractivity contribution in [2.24, 2.45) is 0 Å². The van der Waals surface area contributed by atoms with E-state index in [0.717, 1.165) is 17.7 Å². The Morgan fingerprint density at radius 3 is 2.24 bits per heavy atom.